The molecule has 5 nitrogen and oxygen atoms in total. The zero-order valence-electron chi connectivity index (χ0n) is 17.4. The largest absolute Gasteiger partial charge is 0.489 e. The lowest BCUT2D eigenvalue weighted by Gasteiger charge is -2.17. The van der Waals surface area contributed by atoms with Crippen molar-refractivity contribution in [3.8, 4) is 5.75 Å². The van der Waals surface area contributed by atoms with E-state index in [2.05, 4.69) is 4.98 Å². The topological polar surface area (TPSA) is 74.4 Å². The number of nitrogens with two attached hydrogens (primary N) is 1. The van der Waals surface area contributed by atoms with Crippen LogP contribution in [0.15, 0.2) is 85.1 Å². The number of benzene rings is 3. The average Bonchev–Trinajstić information content (AvgIpc) is 2.82. The molecule has 0 saturated carbocycles. The fourth-order valence-corrected chi connectivity index (χ4v) is 3.46. The molecule has 0 fully saturated rings. The van der Waals surface area contributed by atoms with E-state index in [0.717, 1.165) is 11.1 Å². The quantitative estimate of drug-likeness (QED) is 0.411. The second kappa shape index (κ2) is 10.0. The van der Waals surface area contributed by atoms with Crippen LogP contribution in [-0.2, 0) is 17.8 Å². The van der Waals surface area contributed by atoms with E-state index in [1.165, 1.54) is 12.3 Å². The molecule has 0 bridgehead atoms. The second-order valence-corrected chi connectivity index (χ2v) is 7.45. The van der Waals surface area contributed by atoms with E-state index in [9.17, 15) is 9.18 Å². The smallest absolute Gasteiger partial charge is 0.343 e. The van der Waals surface area contributed by atoms with Crippen molar-refractivity contribution in [3.63, 3.8) is 0 Å². The molecule has 0 amide bonds. The van der Waals surface area contributed by atoms with E-state index < -0.39 is 11.8 Å². The van der Waals surface area contributed by atoms with Gasteiger partial charge in [0.1, 0.15) is 24.6 Å². The number of nitrogens with zero attached hydrogens (tertiary/aromatic N) is 1. The number of carbonyl (C=O) groups is 1. The summed E-state index contributed by atoms with van der Waals surface area (Å²) < 4.78 is 26.0. The van der Waals surface area contributed by atoms with Gasteiger partial charge >= 0.3 is 5.97 Å². The summed E-state index contributed by atoms with van der Waals surface area (Å²) in [6.45, 7) is 0.195. The third-order valence-electron chi connectivity index (χ3n) is 5.02. The van der Waals surface area contributed by atoms with Gasteiger partial charge in [0.2, 0.25) is 0 Å². The summed E-state index contributed by atoms with van der Waals surface area (Å²) in [4.78, 5) is 17.3. The van der Waals surface area contributed by atoms with Crippen molar-refractivity contribution in [3.05, 3.63) is 108 Å². The zero-order valence-corrected chi connectivity index (χ0v) is 17.4. The van der Waals surface area contributed by atoms with Crippen molar-refractivity contribution in [1.82, 2.24) is 4.98 Å². The molecule has 0 unspecified atom stereocenters. The Morgan fingerprint density at radius 2 is 1.62 bits per heavy atom. The minimum absolute atomic E-state index is 0.0101. The maximum Gasteiger partial charge on any atom is 0.343 e. The number of carbonyl (C=O) groups excluding carboxylic acids is 1. The number of halogens is 1. The Morgan fingerprint density at radius 1 is 0.938 bits per heavy atom. The normalized spacial score (nSPS) is 11.8. The van der Waals surface area contributed by atoms with Crippen molar-refractivity contribution in [2.75, 3.05) is 6.61 Å². The molecule has 6 heteroatoms. The highest BCUT2D eigenvalue weighted by Crippen LogP contribution is 2.29. The third-order valence-corrected chi connectivity index (χ3v) is 5.02. The standard InChI is InChI=1S/C26H23FN2O3/c27-21-12-7-13-22-24(21)25(26(30)32-16-19-10-5-2-6-11-19)23(15-29-22)31-17-20(28)14-18-8-3-1-4-9-18/h1-13,15,20H,14,16-17,28H2/t20-/m1/s1. The van der Waals surface area contributed by atoms with Crippen molar-refractivity contribution in [2.24, 2.45) is 5.73 Å². The summed E-state index contributed by atoms with van der Waals surface area (Å²) in [5.41, 5.74) is 8.48. The van der Waals surface area contributed by atoms with Crippen LogP contribution < -0.4 is 10.5 Å². The first-order chi connectivity index (χ1) is 15.6. The van der Waals surface area contributed by atoms with Gasteiger partial charge in [-0.1, -0.05) is 66.7 Å². The molecular weight excluding hydrogens is 407 g/mol. The van der Waals surface area contributed by atoms with Gasteiger partial charge in [0.25, 0.3) is 0 Å². The van der Waals surface area contributed by atoms with E-state index in [0.29, 0.717) is 11.9 Å². The van der Waals surface area contributed by atoms with Crippen LogP contribution in [0.1, 0.15) is 21.5 Å². The second-order valence-electron chi connectivity index (χ2n) is 7.45. The van der Waals surface area contributed by atoms with Gasteiger partial charge in [0, 0.05) is 6.04 Å². The lowest BCUT2D eigenvalue weighted by molar-refractivity contribution is 0.0469. The first kappa shape index (κ1) is 21.5. The Bertz CT molecular complexity index is 1200. The lowest BCUT2D eigenvalue weighted by Crippen LogP contribution is -2.30. The Kier molecular flexibility index (Phi) is 6.72. The number of hydrogen-bond acceptors (Lipinski definition) is 5. The molecule has 4 aromatic rings. The lowest BCUT2D eigenvalue weighted by atomic mass is 10.1. The van der Waals surface area contributed by atoms with E-state index >= 15 is 0 Å². The number of ether oxygens (including phenoxy) is 2. The number of rotatable bonds is 8. The molecule has 3 aromatic carbocycles. The summed E-state index contributed by atoms with van der Waals surface area (Å²) in [6, 6.07) is 23.2. The van der Waals surface area contributed by atoms with Crippen molar-refractivity contribution in [2.45, 2.75) is 19.1 Å². The highest BCUT2D eigenvalue weighted by Gasteiger charge is 2.22. The van der Waals surface area contributed by atoms with Crippen LogP contribution in [0, 0.1) is 5.82 Å². The highest BCUT2D eigenvalue weighted by molar-refractivity contribution is 6.06. The van der Waals surface area contributed by atoms with Crippen molar-refractivity contribution < 1.29 is 18.7 Å². The van der Waals surface area contributed by atoms with Crippen LogP contribution in [0.2, 0.25) is 0 Å². The van der Waals surface area contributed by atoms with E-state index in [-0.39, 0.29) is 36.0 Å². The van der Waals surface area contributed by atoms with Crippen molar-refractivity contribution in [1.29, 1.82) is 0 Å². The first-order valence-corrected chi connectivity index (χ1v) is 10.3. The van der Waals surface area contributed by atoms with Gasteiger partial charge in [0.05, 0.1) is 17.1 Å². The van der Waals surface area contributed by atoms with Gasteiger partial charge in [-0.25, -0.2) is 9.18 Å². The minimum Gasteiger partial charge on any atom is -0.489 e. The molecule has 1 heterocycles. The van der Waals surface area contributed by atoms with Crippen LogP contribution in [-0.4, -0.2) is 23.6 Å². The summed E-state index contributed by atoms with van der Waals surface area (Å²) in [7, 11) is 0. The fraction of sp³-hybridized carbons (Fsp3) is 0.154. The number of aromatic nitrogens is 1. The third kappa shape index (κ3) is 5.10. The molecular formula is C26H23FN2O3. The molecule has 0 aliphatic rings. The van der Waals surface area contributed by atoms with E-state index in [1.54, 1.807) is 12.1 Å². The molecule has 1 aromatic heterocycles. The summed E-state index contributed by atoms with van der Waals surface area (Å²) in [5, 5.41) is 0.0692. The van der Waals surface area contributed by atoms with Gasteiger partial charge in [0.15, 0.2) is 5.75 Å². The van der Waals surface area contributed by atoms with Gasteiger partial charge in [-0.2, -0.15) is 0 Å². The van der Waals surface area contributed by atoms with Gasteiger partial charge in [-0.05, 0) is 29.7 Å². The predicted octanol–water partition coefficient (Wildman–Crippen LogP) is 4.68. The van der Waals surface area contributed by atoms with Gasteiger partial charge in [-0.15, -0.1) is 0 Å². The van der Waals surface area contributed by atoms with Gasteiger partial charge in [-0.3, -0.25) is 4.98 Å². The maximum absolute atomic E-state index is 14.7. The van der Waals surface area contributed by atoms with Crippen molar-refractivity contribution >= 4 is 16.9 Å². The van der Waals surface area contributed by atoms with Crippen LogP contribution in [0.3, 0.4) is 0 Å². The fourth-order valence-electron chi connectivity index (χ4n) is 3.46. The molecule has 0 aliphatic carbocycles. The Labute approximate surface area is 185 Å². The number of esters is 1. The molecule has 2 N–H and O–H groups in total. The maximum atomic E-state index is 14.7. The molecule has 0 saturated heterocycles. The van der Waals surface area contributed by atoms with Crippen LogP contribution in [0.25, 0.3) is 10.9 Å². The number of hydrogen-bond donors (Lipinski definition) is 1. The summed E-state index contributed by atoms with van der Waals surface area (Å²) in [5.74, 6) is -1.11. The van der Waals surface area contributed by atoms with E-state index in [1.807, 2.05) is 60.7 Å². The van der Waals surface area contributed by atoms with Crippen LogP contribution in [0.4, 0.5) is 4.39 Å². The molecule has 0 aliphatic heterocycles. The molecule has 1 atom stereocenters. The highest BCUT2D eigenvalue weighted by atomic mass is 19.1. The predicted molar refractivity (Wildman–Crippen MR) is 121 cm³/mol. The molecule has 4 rings (SSSR count). The Morgan fingerprint density at radius 3 is 2.34 bits per heavy atom. The SMILES string of the molecule is N[C@@H](COc1cnc2cccc(F)c2c1C(=O)OCc1ccccc1)Cc1ccccc1. The Hall–Kier alpha value is -3.77. The molecule has 0 spiro atoms. The monoisotopic (exact) mass is 430 g/mol. The number of pyridine rings is 1. The molecule has 162 valence electrons. The first-order valence-electron chi connectivity index (χ1n) is 10.3. The number of fused-ring (bicyclic) bond motifs is 1. The minimum atomic E-state index is -0.682. The van der Waals surface area contributed by atoms with Crippen LogP contribution in [0.5, 0.6) is 5.75 Å². The van der Waals surface area contributed by atoms with E-state index in [4.69, 9.17) is 15.2 Å². The van der Waals surface area contributed by atoms with Crippen LogP contribution >= 0.6 is 0 Å². The molecule has 32 heavy (non-hydrogen) atoms. The Balaban J connectivity index is 1.57. The summed E-state index contributed by atoms with van der Waals surface area (Å²) >= 11 is 0. The van der Waals surface area contributed by atoms with Gasteiger partial charge < -0.3 is 15.2 Å². The average molecular weight is 430 g/mol. The molecule has 0 radical (unpaired) electrons. The zero-order chi connectivity index (χ0) is 22.3. The summed E-state index contributed by atoms with van der Waals surface area (Å²) in [6.07, 6.45) is 2.01.